The molecule has 17 heteroatoms. The number of phosphoric ester groups is 1. The number of hydrogen-bond acceptors (Lipinski definition) is 11. The summed E-state index contributed by atoms with van der Waals surface area (Å²) in [6, 6.07) is 0. The molecule has 1 saturated heterocycles. The summed E-state index contributed by atoms with van der Waals surface area (Å²) in [6.45, 7) is -0.660. The molecule has 0 radical (unpaired) electrons. The fraction of sp³-hybridized carbons (Fsp3) is 0.545. The van der Waals surface area contributed by atoms with Gasteiger partial charge in [0.05, 0.1) is 24.3 Å². The van der Waals surface area contributed by atoms with E-state index in [1.807, 2.05) is 0 Å². The quantitative estimate of drug-likeness (QED) is 0.336. The number of phosphoric acid groups is 2. The SMILES string of the molecule is CS[C@@H]1[C@H](O)[C@@H](COP(=O)(O)OP(=O)(O)O)O[C@H]1n1cnc2c(N)ncnc21. The lowest BCUT2D eigenvalue weighted by Crippen LogP contribution is -2.31. The Morgan fingerprint density at radius 3 is 2.68 bits per heavy atom. The van der Waals surface area contributed by atoms with Crippen molar-refractivity contribution in [3.63, 3.8) is 0 Å². The van der Waals surface area contributed by atoms with Crippen LogP contribution in [0, 0.1) is 0 Å². The molecule has 6 N–H and O–H groups in total. The fourth-order valence-electron chi connectivity index (χ4n) is 2.72. The summed E-state index contributed by atoms with van der Waals surface area (Å²) in [5.74, 6) is 0.165. The Hall–Kier alpha value is -1.12. The maximum Gasteiger partial charge on any atom is 0.481 e. The van der Waals surface area contributed by atoms with E-state index >= 15 is 0 Å². The molecular formula is C11H17N5O9P2S. The van der Waals surface area contributed by atoms with Crippen molar-refractivity contribution in [1.29, 1.82) is 0 Å². The molecule has 2 aromatic rings. The molecule has 0 amide bonds. The molecular weight excluding hydrogens is 440 g/mol. The molecule has 0 saturated carbocycles. The van der Waals surface area contributed by atoms with Crippen LogP contribution < -0.4 is 5.73 Å². The van der Waals surface area contributed by atoms with Crippen molar-refractivity contribution >= 4 is 44.4 Å². The third kappa shape index (κ3) is 4.54. The largest absolute Gasteiger partial charge is 0.481 e. The number of anilines is 1. The van der Waals surface area contributed by atoms with E-state index < -0.39 is 45.9 Å². The van der Waals surface area contributed by atoms with Crippen LogP contribution in [0.2, 0.25) is 0 Å². The number of ether oxygens (including phenoxy) is 1. The van der Waals surface area contributed by atoms with Gasteiger partial charge >= 0.3 is 15.6 Å². The highest BCUT2D eigenvalue weighted by molar-refractivity contribution is 7.99. The fourth-order valence-corrected chi connectivity index (χ4v) is 5.20. The van der Waals surface area contributed by atoms with E-state index in [1.54, 1.807) is 6.26 Å². The van der Waals surface area contributed by atoms with Gasteiger partial charge in [-0.3, -0.25) is 9.09 Å². The summed E-state index contributed by atoms with van der Waals surface area (Å²) < 4.78 is 37.8. The summed E-state index contributed by atoms with van der Waals surface area (Å²) in [6.07, 6.45) is 1.36. The molecule has 2 aromatic heterocycles. The number of fused-ring (bicyclic) bond motifs is 1. The first-order chi connectivity index (χ1) is 13.0. The lowest BCUT2D eigenvalue weighted by atomic mass is 10.2. The lowest BCUT2D eigenvalue weighted by Gasteiger charge is -2.19. The second kappa shape index (κ2) is 7.95. The average Bonchev–Trinajstić information content (AvgIpc) is 3.12. The normalized spacial score (nSPS) is 27.9. The highest BCUT2D eigenvalue weighted by Gasteiger charge is 2.46. The third-order valence-electron chi connectivity index (χ3n) is 3.86. The van der Waals surface area contributed by atoms with E-state index in [2.05, 4.69) is 23.8 Å². The van der Waals surface area contributed by atoms with Gasteiger partial charge in [0.2, 0.25) is 0 Å². The van der Waals surface area contributed by atoms with Gasteiger partial charge in [0.25, 0.3) is 0 Å². The van der Waals surface area contributed by atoms with Gasteiger partial charge in [0, 0.05) is 0 Å². The Kier molecular flexibility index (Phi) is 6.13. The van der Waals surface area contributed by atoms with Crippen molar-refractivity contribution in [2.75, 3.05) is 18.6 Å². The standard InChI is InChI=1S/C11H17N5O9P2S/c1-28-8-7(17)5(2-23-27(21,22)25-26(18,19)20)24-11(8)16-4-15-6-9(12)13-3-14-10(6)16/h3-5,7-8,11,17H,2H2,1H3,(H,21,22)(H2,12,13,14)(H2,18,19,20)/t5-,7-,8-,11-/m1/s1. The Labute approximate surface area is 161 Å². The molecule has 3 rings (SSSR count). The summed E-state index contributed by atoms with van der Waals surface area (Å²) >= 11 is 1.27. The van der Waals surface area contributed by atoms with Crippen LogP contribution in [0.1, 0.15) is 6.23 Å². The second-order valence-corrected chi connectivity index (χ2v) is 9.52. The number of hydrogen-bond donors (Lipinski definition) is 5. The zero-order valence-electron chi connectivity index (χ0n) is 14.2. The highest BCUT2D eigenvalue weighted by Crippen LogP contribution is 2.57. The molecule has 3 heterocycles. The number of nitrogens with zero attached hydrogens (tertiary/aromatic N) is 4. The van der Waals surface area contributed by atoms with Crippen LogP contribution in [0.5, 0.6) is 0 Å². The van der Waals surface area contributed by atoms with Crippen molar-refractivity contribution in [2.45, 2.75) is 23.7 Å². The van der Waals surface area contributed by atoms with Gasteiger partial charge in [0.15, 0.2) is 17.7 Å². The molecule has 156 valence electrons. The number of imidazole rings is 1. The van der Waals surface area contributed by atoms with Gasteiger partial charge in [-0.25, -0.2) is 24.1 Å². The third-order valence-corrected chi connectivity index (χ3v) is 7.07. The molecule has 0 aliphatic carbocycles. The first-order valence-electron chi connectivity index (χ1n) is 7.56. The zero-order chi connectivity index (χ0) is 20.7. The second-order valence-electron chi connectivity index (χ2n) is 5.68. The number of aliphatic hydroxyl groups excluding tert-OH is 1. The molecule has 28 heavy (non-hydrogen) atoms. The predicted molar refractivity (Wildman–Crippen MR) is 95.9 cm³/mol. The summed E-state index contributed by atoms with van der Waals surface area (Å²) in [7, 11) is -10.3. The van der Waals surface area contributed by atoms with Crippen LogP contribution in [0.3, 0.4) is 0 Å². The van der Waals surface area contributed by atoms with Gasteiger partial charge in [-0.05, 0) is 6.26 Å². The van der Waals surface area contributed by atoms with E-state index in [9.17, 15) is 19.1 Å². The zero-order valence-corrected chi connectivity index (χ0v) is 16.8. The van der Waals surface area contributed by atoms with Crippen LogP contribution in [0.4, 0.5) is 5.82 Å². The van der Waals surface area contributed by atoms with Crippen molar-refractivity contribution < 1.29 is 42.5 Å². The van der Waals surface area contributed by atoms with Crippen molar-refractivity contribution in [2.24, 2.45) is 0 Å². The van der Waals surface area contributed by atoms with Crippen LogP contribution in [-0.4, -0.2) is 69.6 Å². The van der Waals surface area contributed by atoms with E-state index in [0.29, 0.717) is 11.2 Å². The van der Waals surface area contributed by atoms with Gasteiger partial charge in [-0.2, -0.15) is 16.1 Å². The highest BCUT2D eigenvalue weighted by atomic mass is 32.2. The summed E-state index contributed by atoms with van der Waals surface area (Å²) in [5.41, 5.74) is 6.46. The Morgan fingerprint density at radius 2 is 2.04 bits per heavy atom. The maximum atomic E-state index is 11.6. The monoisotopic (exact) mass is 457 g/mol. The van der Waals surface area contributed by atoms with E-state index in [0.717, 1.165) is 0 Å². The van der Waals surface area contributed by atoms with Gasteiger partial charge in [-0.1, -0.05) is 0 Å². The van der Waals surface area contributed by atoms with E-state index in [-0.39, 0.29) is 5.82 Å². The molecule has 0 aromatic carbocycles. The Bertz CT molecular complexity index is 954. The average molecular weight is 457 g/mol. The smallest absolute Gasteiger partial charge is 0.389 e. The van der Waals surface area contributed by atoms with Crippen molar-refractivity contribution in [1.82, 2.24) is 19.5 Å². The number of rotatable bonds is 7. The topological polar surface area (TPSA) is 212 Å². The Balaban J connectivity index is 1.79. The summed E-state index contributed by atoms with van der Waals surface area (Å²) in [4.78, 5) is 38.7. The minimum Gasteiger partial charge on any atom is -0.389 e. The van der Waals surface area contributed by atoms with Crippen LogP contribution in [0.15, 0.2) is 12.7 Å². The van der Waals surface area contributed by atoms with Crippen molar-refractivity contribution in [3.05, 3.63) is 12.7 Å². The first kappa shape index (κ1) is 21.6. The number of aromatic nitrogens is 4. The number of nitrogens with two attached hydrogens (primary N) is 1. The van der Waals surface area contributed by atoms with Crippen molar-refractivity contribution in [3.8, 4) is 0 Å². The van der Waals surface area contributed by atoms with Crippen LogP contribution in [-0.2, 0) is 22.7 Å². The van der Waals surface area contributed by atoms with Gasteiger partial charge < -0.3 is 30.3 Å². The van der Waals surface area contributed by atoms with E-state index in [4.69, 9.17) is 20.3 Å². The van der Waals surface area contributed by atoms with Crippen LogP contribution >= 0.6 is 27.4 Å². The minimum absolute atomic E-state index is 0.165. The predicted octanol–water partition coefficient (Wildman–Crippen LogP) is -0.375. The number of nitrogen functional groups attached to an aromatic ring is 1. The molecule has 1 fully saturated rings. The molecule has 5 atom stereocenters. The number of thioether (sulfide) groups is 1. The summed E-state index contributed by atoms with van der Waals surface area (Å²) in [5, 5.41) is 9.95. The molecule has 0 spiro atoms. The van der Waals surface area contributed by atoms with Gasteiger partial charge in [-0.15, -0.1) is 0 Å². The molecule has 1 aliphatic heterocycles. The molecule has 1 unspecified atom stereocenters. The van der Waals surface area contributed by atoms with Gasteiger partial charge in [0.1, 0.15) is 17.9 Å². The Morgan fingerprint density at radius 1 is 1.32 bits per heavy atom. The maximum absolute atomic E-state index is 11.6. The molecule has 0 bridgehead atoms. The number of aliphatic hydroxyl groups is 1. The molecule has 14 nitrogen and oxygen atoms in total. The first-order valence-corrected chi connectivity index (χ1v) is 11.9. The minimum atomic E-state index is -5.25. The lowest BCUT2D eigenvalue weighted by molar-refractivity contribution is -0.0421. The molecule has 1 aliphatic rings. The van der Waals surface area contributed by atoms with E-state index in [1.165, 1.54) is 29.0 Å². The van der Waals surface area contributed by atoms with Crippen LogP contribution in [0.25, 0.3) is 11.2 Å².